The van der Waals surface area contributed by atoms with Gasteiger partial charge in [0.05, 0.1) is 38.9 Å². The third-order valence-corrected chi connectivity index (χ3v) is 8.12. The fraction of sp³-hybridized carbons (Fsp3) is 0.261. The van der Waals surface area contributed by atoms with E-state index in [2.05, 4.69) is 20.5 Å². The number of anilines is 3. The van der Waals surface area contributed by atoms with Gasteiger partial charge in [-0.15, -0.1) is 11.3 Å². The van der Waals surface area contributed by atoms with Gasteiger partial charge in [-0.2, -0.15) is 0 Å². The van der Waals surface area contributed by atoms with Gasteiger partial charge in [0.25, 0.3) is 11.8 Å². The van der Waals surface area contributed by atoms with Crippen LogP contribution in [0.2, 0.25) is 0 Å². The lowest BCUT2D eigenvalue weighted by Crippen LogP contribution is -2.43. The number of amides is 2. The number of fused-ring (bicyclic) bond motifs is 1. The first-order valence-corrected chi connectivity index (χ1v) is 13.5. The number of sulfone groups is 1. The van der Waals surface area contributed by atoms with Crippen LogP contribution in [0, 0.1) is 0 Å². The summed E-state index contributed by atoms with van der Waals surface area (Å²) in [6.07, 6.45) is 4.47. The first-order chi connectivity index (χ1) is 16.3. The lowest BCUT2D eigenvalue weighted by atomic mass is 10.1. The molecule has 1 saturated heterocycles. The summed E-state index contributed by atoms with van der Waals surface area (Å²) in [5, 5.41) is 6.90. The minimum absolute atomic E-state index is 0.115. The first-order valence-electron chi connectivity index (χ1n) is 10.8. The quantitative estimate of drug-likeness (QED) is 0.557. The van der Waals surface area contributed by atoms with Gasteiger partial charge < -0.3 is 15.5 Å². The van der Waals surface area contributed by atoms with Gasteiger partial charge in [0.1, 0.15) is 0 Å². The first kappa shape index (κ1) is 22.5. The van der Waals surface area contributed by atoms with E-state index in [0.29, 0.717) is 27.7 Å². The fourth-order valence-corrected chi connectivity index (χ4v) is 5.68. The Bertz CT molecular complexity index is 1380. The van der Waals surface area contributed by atoms with E-state index in [1.165, 1.54) is 23.5 Å². The van der Waals surface area contributed by atoms with E-state index >= 15 is 0 Å². The molecule has 2 aliphatic heterocycles. The number of carbonyl (C=O) groups is 2. The molecule has 5 rings (SSSR count). The van der Waals surface area contributed by atoms with E-state index in [0.717, 1.165) is 43.7 Å². The number of benzene rings is 1. The summed E-state index contributed by atoms with van der Waals surface area (Å²) >= 11 is 1.21. The molecule has 3 aromatic rings. The van der Waals surface area contributed by atoms with Crippen LogP contribution in [0.5, 0.6) is 0 Å². The predicted molar refractivity (Wildman–Crippen MR) is 132 cm³/mol. The van der Waals surface area contributed by atoms with Crippen molar-refractivity contribution in [1.82, 2.24) is 10.3 Å². The predicted octanol–water partition coefficient (Wildman–Crippen LogP) is 2.37. The molecule has 0 aliphatic carbocycles. The molecule has 1 fully saturated rings. The molecule has 0 spiro atoms. The zero-order valence-electron chi connectivity index (χ0n) is 18.4. The van der Waals surface area contributed by atoms with E-state index in [-0.39, 0.29) is 16.7 Å². The Hall–Kier alpha value is -3.28. The van der Waals surface area contributed by atoms with Gasteiger partial charge in [0.15, 0.2) is 9.84 Å². The van der Waals surface area contributed by atoms with E-state index in [4.69, 9.17) is 0 Å². The second-order valence-corrected chi connectivity index (χ2v) is 11.3. The van der Waals surface area contributed by atoms with Crippen LogP contribution in [0.1, 0.15) is 25.6 Å². The molecular weight excluding hydrogens is 474 g/mol. The molecular formula is C23H23N5O4S2. The van der Waals surface area contributed by atoms with E-state index in [1.807, 2.05) is 6.07 Å². The molecule has 0 radical (unpaired) electrons. The zero-order valence-corrected chi connectivity index (χ0v) is 20.1. The second-order valence-electron chi connectivity index (χ2n) is 8.20. The molecule has 2 N–H and O–H groups in total. The molecule has 11 heteroatoms. The number of aromatic nitrogens is 1. The Balaban J connectivity index is 1.34. The number of thiophene rings is 1. The molecule has 0 unspecified atom stereocenters. The van der Waals surface area contributed by atoms with Gasteiger partial charge in [-0.05, 0) is 35.9 Å². The van der Waals surface area contributed by atoms with Crippen molar-refractivity contribution < 1.29 is 18.0 Å². The molecule has 0 bridgehead atoms. The summed E-state index contributed by atoms with van der Waals surface area (Å²) < 4.78 is 23.7. The van der Waals surface area contributed by atoms with Gasteiger partial charge in [0, 0.05) is 44.2 Å². The summed E-state index contributed by atoms with van der Waals surface area (Å²) in [5.74, 6) is -0.549. The average Bonchev–Trinajstić information content (AvgIpc) is 3.44. The van der Waals surface area contributed by atoms with Gasteiger partial charge in [-0.3, -0.25) is 19.5 Å². The van der Waals surface area contributed by atoms with Crippen molar-refractivity contribution in [3.8, 4) is 0 Å². The lowest BCUT2D eigenvalue weighted by molar-refractivity contribution is 0.0994. The Morgan fingerprint density at radius 1 is 1.15 bits per heavy atom. The number of hydrogen-bond donors (Lipinski definition) is 2. The third kappa shape index (κ3) is 4.29. The monoisotopic (exact) mass is 497 g/mol. The molecule has 2 aliphatic rings. The number of carbonyl (C=O) groups excluding carboxylic acids is 2. The fourth-order valence-electron chi connectivity index (χ4n) is 4.13. The number of rotatable bonds is 5. The molecule has 9 nitrogen and oxygen atoms in total. The van der Waals surface area contributed by atoms with Crippen molar-refractivity contribution in [2.75, 3.05) is 47.6 Å². The molecule has 2 amide bonds. The summed E-state index contributed by atoms with van der Waals surface area (Å²) in [6.45, 7) is 3.77. The maximum absolute atomic E-state index is 13.0. The molecule has 34 heavy (non-hydrogen) atoms. The summed E-state index contributed by atoms with van der Waals surface area (Å²) in [7, 11) is -3.41. The van der Waals surface area contributed by atoms with Gasteiger partial charge in [-0.25, -0.2) is 8.42 Å². The smallest absolute Gasteiger partial charge is 0.265 e. The highest BCUT2D eigenvalue weighted by molar-refractivity contribution is 7.90. The minimum Gasteiger partial charge on any atom is -0.367 e. The van der Waals surface area contributed by atoms with Crippen molar-refractivity contribution in [2.24, 2.45) is 0 Å². The number of hydrogen-bond acceptors (Lipinski definition) is 8. The molecule has 0 atom stereocenters. The zero-order chi connectivity index (χ0) is 23.9. The topological polar surface area (TPSA) is 112 Å². The lowest BCUT2D eigenvalue weighted by Gasteiger charge is -2.30. The largest absolute Gasteiger partial charge is 0.367 e. The molecule has 176 valence electrons. The van der Waals surface area contributed by atoms with Crippen LogP contribution in [0.3, 0.4) is 0 Å². The van der Waals surface area contributed by atoms with Crippen LogP contribution in [-0.4, -0.2) is 57.7 Å². The Morgan fingerprint density at radius 2 is 1.94 bits per heavy atom. The van der Waals surface area contributed by atoms with Crippen LogP contribution in [0.15, 0.2) is 53.7 Å². The highest BCUT2D eigenvalue weighted by atomic mass is 32.2. The Kier molecular flexibility index (Phi) is 5.84. The molecule has 2 aromatic heterocycles. The molecule has 1 aromatic carbocycles. The Labute approximate surface area is 201 Å². The van der Waals surface area contributed by atoms with E-state index in [1.54, 1.807) is 35.5 Å². The van der Waals surface area contributed by atoms with Gasteiger partial charge in [-0.1, -0.05) is 6.07 Å². The van der Waals surface area contributed by atoms with Crippen LogP contribution >= 0.6 is 11.3 Å². The maximum atomic E-state index is 13.0. The normalized spacial score (nSPS) is 16.0. The van der Waals surface area contributed by atoms with Crippen molar-refractivity contribution in [3.63, 3.8) is 0 Å². The summed E-state index contributed by atoms with van der Waals surface area (Å²) in [5.41, 5.74) is 2.70. The number of nitrogens with zero attached hydrogens (tertiary/aromatic N) is 3. The maximum Gasteiger partial charge on any atom is 0.265 e. The highest BCUT2D eigenvalue weighted by Gasteiger charge is 2.31. The van der Waals surface area contributed by atoms with Crippen molar-refractivity contribution in [1.29, 1.82) is 0 Å². The standard InChI is InChI=1S/C23H23N5O4S2/c1-34(31,32)16-3-2-15-14-28(23(30)17(15)12-16)21-5-4-20(33-21)22(29)26-18-13-25-7-6-19(18)27-10-8-24-9-11-27/h2-7,12-13,24H,8-11,14H2,1H3,(H,26,29). The third-order valence-electron chi connectivity index (χ3n) is 5.90. The van der Waals surface area contributed by atoms with E-state index < -0.39 is 9.84 Å². The highest BCUT2D eigenvalue weighted by Crippen LogP contribution is 2.35. The Morgan fingerprint density at radius 3 is 2.71 bits per heavy atom. The van der Waals surface area contributed by atoms with Crippen LogP contribution in [0.4, 0.5) is 16.4 Å². The van der Waals surface area contributed by atoms with Crippen molar-refractivity contribution in [3.05, 3.63) is 64.8 Å². The average molecular weight is 498 g/mol. The summed E-state index contributed by atoms with van der Waals surface area (Å²) in [6, 6.07) is 9.93. The minimum atomic E-state index is -3.41. The van der Waals surface area contributed by atoms with Crippen molar-refractivity contribution >= 4 is 49.4 Å². The van der Waals surface area contributed by atoms with Crippen LogP contribution in [-0.2, 0) is 16.4 Å². The number of nitrogens with one attached hydrogen (secondary N) is 2. The second kappa shape index (κ2) is 8.82. The summed E-state index contributed by atoms with van der Waals surface area (Å²) in [4.78, 5) is 34.5. The number of pyridine rings is 1. The molecule has 4 heterocycles. The SMILES string of the molecule is CS(=O)(=O)c1ccc2c(c1)C(=O)N(c1ccc(C(=O)Nc3cnccc3N3CCNCC3)s1)C2. The van der Waals surface area contributed by atoms with Crippen molar-refractivity contribution in [2.45, 2.75) is 11.4 Å². The van der Waals surface area contributed by atoms with Gasteiger partial charge >= 0.3 is 0 Å². The van der Waals surface area contributed by atoms with Crippen LogP contribution in [0.25, 0.3) is 0 Å². The molecule has 0 saturated carbocycles. The van der Waals surface area contributed by atoms with Crippen LogP contribution < -0.4 is 20.4 Å². The van der Waals surface area contributed by atoms with Gasteiger partial charge in [0.2, 0.25) is 0 Å². The van der Waals surface area contributed by atoms with E-state index in [9.17, 15) is 18.0 Å². The number of piperazine rings is 1.